The fourth-order valence-corrected chi connectivity index (χ4v) is 1.72. The Hall–Kier alpha value is -1.98. The Kier molecular flexibility index (Phi) is 2.34. The number of fused-ring (bicyclic) bond motifs is 1. The maximum atomic E-state index is 11.3. The SMILES string of the molecule is CC(=O)N1CCN(C)c2cc(C(=O)O)oc21. The Balaban J connectivity index is 2.48. The second kappa shape index (κ2) is 3.55. The zero-order valence-electron chi connectivity index (χ0n) is 9.06. The maximum Gasteiger partial charge on any atom is 0.371 e. The second-order valence-corrected chi connectivity index (χ2v) is 3.70. The molecule has 0 unspecified atom stereocenters. The summed E-state index contributed by atoms with van der Waals surface area (Å²) in [6.07, 6.45) is 0. The lowest BCUT2D eigenvalue weighted by molar-refractivity contribution is -0.116. The predicted molar refractivity (Wildman–Crippen MR) is 57.0 cm³/mol. The number of carbonyl (C=O) groups is 2. The van der Waals surface area contributed by atoms with Gasteiger partial charge >= 0.3 is 5.97 Å². The third-order valence-electron chi connectivity index (χ3n) is 2.60. The minimum Gasteiger partial charge on any atom is -0.475 e. The number of amides is 1. The van der Waals surface area contributed by atoms with Crippen molar-refractivity contribution < 1.29 is 19.1 Å². The summed E-state index contributed by atoms with van der Waals surface area (Å²) in [7, 11) is 1.83. The zero-order valence-corrected chi connectivity index (χ0v) is 9.06. The van der Waals surface area contributed by atoms with Crippen LogP contribution >= 0.6 is 0 Å². The van der Waals surface area contributed by atoms with Crippen molar-refractivity contribution >= 4 is 23.4 Å². The molecule has 0 fully saturated rings. The van der Waals surface area contributed by atoms with Crippen LogP contribution in [0.2, 0.25) is 0 Å². The van der Waals surface area contributed by atoms with Gasteiger partial charge < -0.3 is 14.4 Å². The van der Waals surface area contributed by atoms with E-state index in [4.69, 9.17) is 9.52 Å². The number of nitrogens with zero attached hydrogens (tertiary/aromatic N) is 2. The Morgan fingerprint density at radius 3 is 2.69 bits per heavy atom. The summed E-state index contributed by atoms with van der Waals surface area (Å²) in [6, 6.07) is 1.44. The van der Waals surface area contributed by atoms with E-state index in [-0.39, 0.29) is 11.7 Å². The van der Waals surface area contributed by atoms with Crippen molar-refractivity contribution in [1.82, 2.24) is 0 Å². The Morgan fingerprint density at radius 2 is 2.12 bits per heavy atom. The molecule has 2 rings (SSSR count). The van der Waals surface area contributed by atoms with Crippen molar-refractivity contribution in [3.05, 3.63) is 11.8 Å². The lowest BCUT2D eigenvalue weighted by Crippen LogP contribution is -2.40. The number of hydrogen-bond acceptors (Lipinski definition) is 4. The molecule has 0 radical (unpaired) electrons. The first-order valence-corrected chi connectivity index (χ1v) is 4.87. The van der Waals surface area contributed by atoms with Crippen LogP contribution in [0.5, 0.6) is 0 Å². The number of carboxylic acids is 1. The molecule has 0 aromatic carbocycles. The molecule has 1 amide bonds. The van der Waals surface area contributed by atoms with Crippen molar-refractivity contribution in [2.45, 2.75) is 6.92 Å². The van der Waals surface area contributed by atoms with Gasteiger partial charge in [-0.15, -0.1) is 0 Å². The van der Waals surface area contributed by atoms with Gasteiger partial charge in [-0.1, -0.05) is 0 Å². The molecule has 1 N–H and O–H groups in total. The topological polar surface area (TPSA) is 74.0 Å². The number of rotatable bonds is 1. The molecule has 6 heteroatoms. The highest BCUT2D eigenvalue weighted by Crippen LogP contribution is 2.35. The van der Waals surface area contributed by atoms with Crippen LogP contribution in [0.25, 0.3) is 0 Å². The van der Waals surface area contributed by atoms with E-state index in [0.29, 0.717) is 24.7 Å². The molecule has 0 saturated carbocycles. The van der Waals surface area contributed by atoms with Crippen LogP contribution in [0.3, 0.4) is 0 Å². The number of carboxylic acid groups (broad SMARTS) is 1. The fraction of sp³-hybridized carbons (Fsp3) is 0.400. The van der Waals surface area contributed by atoms with E-state index in [9.17, 15) is 9.59 Å². The summed E-state index contributed by atoms with van der Waals surface area (Å²) in [5.41, 5.74) is 0.638. The van der Waals surface area contributed by atoms with E-state index in [1.807, 2.05) is 11.9 Å². The summed E-state index contributed by atoms with van der Waals surface area (Å²) in [6.45, 7) is 2.59. The summed E-state index contributed by atoms with van der Waals surface area (Å²) in [5.74, 6) is -1.12. The molecule has 0 aliphatic carbocycles. The molecular formula is C10H12N2O4. The van der Waals surface area contributed by atoms with Gasteiger partial charge in [0.25, 0.3) is 0 Å². The molecule has 0 atom stereocenters. The lowest BCUT2D eigenvalue weighted by atomic mass is 10.3. The highest BCUT2D eigenvalue weighted by molar-refractivity contribution is 5.96. The van der Waals surface area contributed by atoms with Crippen molar-refractivity contribution in [2.24, 2.45) is 0 Å². The number of anilines is 2. The average Bonchev–Trinajstić information content (AvgIpc) is 2.62. The van der Waals surface area contributed by atoms with Gasteiger partial charge in [-0.25, -0.2) is 4.79 Å². The van der Waals surface area contributed by atoms with Gasteiger partial charge in [-0.05, 0) is 0 Å². The quantitative estimate of drug-likeness (QED) is 0.763. The summed E-state index contributed by atoms with van der Waals surface area (Å²) < 4.78 is 5.18. The molecule has 1 aliphatic heterocycles. The molecule has 2 heterocycles. The van der Waals surface area contributed by atoms with Crippen molar-refractivity contribution in [3.63, 3.8) is 0 Å². The first kappa shape index (κ1) is 10.5. The minimum absolute atomic E-state index is 0.148. The first-order chi connectivity index (χ1) is 7.50. The smallest absolute Gasteiger partial charge is 0.371 e. The molecule has 0 bridgehead atoms. The van der Waals surface area contributed by atoms with E-state index in [1.165, 1.54) is 17.9 Å². The van der Waals surface area contributed by atoms with E-state index in [0.717, 1.165) is 0 Å². The van der Waals surface area contributed by atoms with Crippen LogP contribution in [0, 0.1) is 0 Å². The summed E-state index contributed by atoms with van der Waals surface area (Å²) in [4.78, 5) is 25.4. The average molecular weight is 224 g/mol. The molecular weight excluding hydrogens is 212 g/mol. The largest absolute Gasteiger partial charge is 0.475 e. The van der Waals surface area contributed by atoms with E-state index < -0.39 is 5.97 Å². The summed E-state index contributed by atoms with van der Waals surface area (Å²) in [5, 5.41) is 8.83. The normalized spacial score (nSPS) is 14.9. The van der Waals surface area contributed by atoms with Crippen LogP contribution in [0.4, 0.5) is 11.6 Å². The molecule has 1 aliphatic rings. The number of carbonyl (C=O) groups excluding carboxylic acids is 1. The lowest BCUT2D eigenvalue weighted by Gasteiger charge is -2.30. The van der Waals surface area contributed by atoms with Gasteiger partial charge in [-0.3, -0.25) is 9.69 Å². The molecule has 16 heavy (non-hydrogen) atoms. The van der Waals surface area contributed by atoms with Crippen molar-refractivity contribution in [2.75, 3.05) is 29.9 Å². The highest BCUT2D eigenvalue weighted by atomic mass is 16.4. The van der Waals surface area contributed by atoms with Gasteiger partial charge in [0.05, 0.1) is 0 Å². The van der Waals surface area contributed by atoms with Crippen LogP contribution in [-0.2, 0) is 4.79 Å². The Bertz CT molecular complexity index is 452. The Labute approximate surface area is 92.0 Å². The fourth-order valence-electron chi connectivity index (χ4n) is 1.72. The van der Waals surface area contributed by atoms with Crippen LogP contribution < -0.4 is 9.80 Å². The number of likely N-dealkylation sites (N-methyl/N-ethyl adjacent to an activating group) is 1. The van der Waals surface area contributed by atoms with Crippen LogP contribution in [0.15, 0.2) is 10.5 Å². The number of aromatic carboxylic acids is 1. The third kappa shape index (κ3) is 1.52. The van der Waals surface area contributed by atoms with Gasteiger partial charge in [-0.2, -0.15) is 0 Å². The van der Waals surface area contributed by atoms with E-state index >= 15 is 0 Å². The monoisotopic (exact) mass is 224 g/mol. The molecule has 6 nitrogen and oxygen atoms in total. The first-order valence-electron chi connectivity index (χ1n) is 4.87. The van der Waals surface area contributed by atoms with Gasteiger partial charge in [0.2, 0.25) is 17.6 Å². The number of hydrogen-bond donors (Lipinski definition) is 1. The van der Waals surface area contributed by atoms with Crippen LogP contribution in [0.1, 0.15) is 17.5 Å². The molecule has 1 aromatic rings. The number of furan rings is 1. The van der Waals surface area contributed by atoms with E-state index in [1.54, 1.807) is 0 Å². The second-order valence-electron chi connectivity index (χ2n) is 3.70. The van der Waals surface area contributed by atoms with Crippen LogP contribution in [-0.4, -0.2) is 37.1 Å². The van der Waals surface area contributed by atoms with E-state index in [2.05, 4.69) is 0 Å². The minimum atomic E-state index is -1.13. The standard InChI is InChI=1S/C10H12N2O4/c1-6(13)12-4-3-11(2)7-5-8(10(14)15)16-9(7)12/h5H,3-4H2,1-2H3,(H,14,15). The Morgan fingerprint density at radius 1 is 1.44 bits per heavy atom. The molecule has 0 spiro atoms. The highest BCUT2D eigenvalue weighted by Gasteiger charge is 2.29. The predicted octanol–water partition coefficient (Wildman–Crippen LogP) is 0.780. The summed E-state index contributed by atoms with van der Waals surface area (Å²) >= 11 is 0. The van der Waals surface area contributed by atoms with Crippen molar-refractivity contribution in [1.29, 1.82) is 0 Å². The van der Waals surface area contributed by atoms with Gasteiger partial charge in [0, 0.05) is 33.1 Å². The molecule has 1 aromatic heterocycles. The van der Waals surface area contributed by atoms with Gasteiger partial charge in [0.15, 0.2) is 0 Å². The molecule has 0 saturated heterocycles. The van der Waals surface area contributed by atoms with Crippen molar-refractivity contribution in [3.8, 4) is 0 Å². The van der Waals surface area contributed by atoms with Gasteiger partial charge in [0.1, 0.15) is 5.69 Å². The third-order valence-corrected chi connectivity index (χ3v) is 2.60. The maximum absolute atomic E-state index is 11.3. The molecule has 86 valence electrons. The zero-order chi connectivity index (χ0) is 11.9.